The van der Waals surface area contributed by atoms with Crippen LogP contribution in [0.2, 0.25) is 0 Å². The van der Waals surface area contributed by atoms with Gasteiger partial charge in [-0.2, -0.15) is 8.78 Å². The van der Waals surface area contributed by atoms with Crippen LogP contribution in [0.4, 0.5) is 20.4 Å². The molecule has 2 aromatic rings. The lowest BCUT2D eigenvalue weighted by Crippen LogP contribution is -2.58. The van der Waals surface area contributed by atoms with Gasteiger partial charge in [-0.1, -0.05) is 0 Å². The number of ether oxygens (including phenoxy) is 2. The number of hydrogen-bond acceptors (Lipinski definition) is 7. The Morgan fingerprint density at radius 3 is 2.59 bits per heavy atom. The Bertz CT molecular complexity index is 898. The van der Waals surface area contributed by atoms with Crippen molar-refractivity contribution in [3.05, 3.63) is 30.0 Å². The molecule has 5 rings (SSSR count). The summed E-state index contributed by atoms with van der Waals surface area (Å²) in [6.45, 7) is 2.63. The number of aromatic nitrogens is 2. The van der Waals surface area contributed by atoms with Crippen LogP contribution in [0, 0.1) is 0 Å². The van der Waals surface area contributed by atoms with E-state index in [2.05, 4.69) is 25.6 Å². The lowest BCUT2D eigenvalue weighted by Gasteiger charge is -2.47. The maximum absolute atomic E-state index is 12.7. The van der Waals surface area contributed by atoms with Gasteiger partial charge >= 0.3 is 6.61 Å². The summed E-state index contributed by atoms with van der Waals surface area (Å²) in [5.41, 5.74) is 8.20. The summed E-state index contributed by atoms with van der Waals surface area (Å²) in [4.78, 5) is 13.5. The number of alkyl halides is 2. The second kappa shape index (κ2) is 7.38. The number of nitrogens with zero attached hydrogens (tertiary/aromatic N) is 4. The fraction of sp³-hybridized carbons (Fsp3) is 0.500. The third-order valence-corrected chi connectivity index (χ3v) is 5.93. The molecule has 9 heteroatoms. The predicted octanol–water partition coefficient (Wildman–Crippen LogP) is 2.34. The van der Waals surface area contributed by atoms with Gasteiger partial charge in [0.15, 0.2) is 11.6 Å². The van der Waals surface area contributed by atoms with E-state index in [-0.39, 0.29) is 11.6 Å². The van der Waals surface area contributed by atoms with E-state index in [4.69, 9.17) is 15.5 Å². The molecule has 0 spiro atoms. The number of pyridine rings is 2. The number of halogens is 2. The summed E-state index contributed by atoms with van der Waals surface area (Å²) in [6.07, 6.45) is 2.70. The molecular weight excluding hydrogens is 380 g/mol. The first-order chi connectivity index (χ1) is 14.1. The van der Waals surface area contributed by atoms with Crippen molar-refractivity contribution >= 4 is 11.6 Å². The van der Waals surface area contributed by atoms with Crippen LogP contribution >= 0.6 is 0 Å². The Hall–Kier alpha value is -2.52. The molecule has 3 saturated heterocycles. The zero-order chi connectivity index (χ0) is 20.0. The van der Waals surface area contributed by atoms with Crippen molar-refractivity contribution in [2.75, 3.05) is 50.0 Å². The number of hydrogen-bond donors (Lipinski definition) is 1. The second-order valence-electron chi connectivity index (χ2n) is 7.81. The molecule has 5 heterocycles. The molecule has 0 aliphatic carbocycles. The number of anilines is 2. The zero-order valence-corrected chi connectivity index (χ0v) is 15.9. The van der Waals surface area contributed by atoms with Gasteiger partial charge in [-0.25, -0.2) is 9.97 Å². The number of nitrogen functional groups attached to an aromatic ring is 1. The molecule has 2 N–H and O–H groups in total. The molecule has 3 fully saturated rings. The van der Waals surface area contributed by atoms with Crippen molar-refractivity contribution < 1.29 is 18.3 Å². The fourth-order valence-corrected chi connectivity index (χ4v) is 3.87. The zero-order valence-electron chi connectivity index (χ0n) is 15.9. The summed E-state index contributed by atoms with van der Waals surface area (Å²) >= 11 is 0. The topological polar surface area (TPSA) is 76.7 Å². The minimum Gasteiger partial charge on any atom is -0.431 e. The van der Waals surface area contributed by atoms with Crippen molar-refractivity contribution in [1.29, 1.82) is 0 Å². The average Bonchev–Trinajstić information content (AvgIpc) is 2.55. The summed E-state index contributed by atoms with van der Waals surface area (Å²) < 4.78 is 35.2. The molecule has 0 aromatic carbocycles. The molecule has 3 aliphatic heterocycles. The quantitative estimate of drug-likeness (QED) is 0.793. The van der Waals surface area contributed by atoms with Gasteiger partial charge in [-0.05, 0) is 30.2 Å². The molecule has 3 aliphatic rings. The van der Waals surface area contributed by atoms with Gasteiger partial charge in [0.25, 0.3) is 0 Å². The lowest BCUT2D eigenvalue weighted by atomic mass is 9.89. The summed E-state index contributed by atoms with van der Waals surface area (Å²) in [7, 11) is 0. The molecule has 154 valence electrons. The van der Waals surface area contributed by atoms with E-state index in [1.807, 2.05) is 6.07 Å². The van der Waals surface area contributed by atoms with Crippen LogP contribution in [-0.4, -0.2) is 66.9 Å². The first kappa shape index (κ1) is 18.5. The standard InChI is InChI=1S/C20H23F2N5O2/c21-20(22)29-17-5-13(7-24-19(17)23)16-4-12(6-18(25-16)26-2-1-3-26)14-8-27(9-14)15-10-28-11-15/h4-7,14-15,20H,1-3,8-11H2,(H2,23,24). The maximum atomic E-state index is 12.7. The normalized spacial score (nSPS) is 20.3. The van der Waals surface area contributed by atoms with E-state index in [0.29, 0.717) is 23.2 Å². The largest absolute Gasteiger partial charge is 0.431 e. The molecule has 0 unspecified atom stereocenters. The minimum atomic E-state index is -2.96. The second-order valence-corrected chi connectivity index (χ2v) is 7.81. The van der Waals surface area contributed by atoms with Gasteiger partial charge in [0, 0.05) is 43.9 Å². The molecule has 0 amide bonds. The van der Waals surface area contributed by atoms with Gasteiger partial charge in [0.05, 0.1) is 24.9 Å². The van der Waals surface area contributed by atoms with E-state index in [1.54, 1.807) is 6.20 Å². The smallest absolute Gasteiger partial charge is 0.387 e. The van der Waals surface area contributed by atoms with Crippen LogP contribution in [0.15, 0.2) is 24.4 Å². The van der Waals surface area contributed by atoms with Crippen LogP contribution in [0.5, 0.6) is 5.75 Å². The molecule has 0 radical (unpaired) electrons. The lowest BCUT2D eigenvalue weighted by molar-refractivity contribution is -0.0906. The highest BCUT2D eigenvalue weighted by Crippen LogP contribution is 2.36. The highest BCUT2D eigenvalue weighted by atomic mass is 19.3. The highest BCUT2D eigenvalue weighted by Gasteiger charge is 2.37. The monoisotopic (exact) mass is 403 g/mol. The third kappa shape index (κ3) is 3.60. The Labute approximate surface area is 167 Å². The van der Waals surface area contributed by atoms with Crippen molar-refractivity contribution in [2.24, 2.45) is 0 Å². The van der Waals surface area contributed by atoms with Crippen LogP contribution in [0.25, 0.3) is 11.3 Å². The van der Waals surface area contributed by atoms with Gasteiger partial charge in [0.2, 0.25) is 0 Å². The number of nitrogens with two attached hydrogens (primary N) is 1. The molecule has 2 aromatic heterocycles. The molecule has 7 nitrogen and oxygen atoms in total. The summed E-state index contributed by atoms with van der Waals surface area (Å²) in [5, 5.41) is 0. The molecule has 0 atom stereocenters. The van der Waals surface area contributed by atoms with Crippen molar-refractivity contribution in [2.45, 2.75) is 25.0 Å². The van der Waals surface area contributed by atoms with Crippen LogP contribution in [0.3, 0.4) is 0 Å². The van der Waals surface area contributed by atoms with E-state index in [0.717, 1.165) is 51.6 Å². The van der Waals surface area contributed by atoms with Crippen molar-refractivity contribution in [1.82, 2.24) is 14.9 Å². The van der Waals surface area contributed by atoms with Crippen LogP contribution in [0.1, 0.15) is 17.9 Å². The Morgan fingerprint density at radius 2 is 1.97 bits per heavy atom. The van der Waals surface area contributed by atoms with Gasteiger partial charge < -0.3 is 20.1 Å². The first-order valence-corrected chi connectivity index (χ1v) is 9.86. The number of likely N-dealkylation sites (tertiary alicyclic amines) is 1. The highest BCUT2D eigenvalue weighted by molar-refractivity contribution is 5.67. The Balaban J connectivity index is 1.44. The molecule has 0 bridgehead atoms. The number of rotatable bonds is 6. The summed E-state index contributed by atoms with van der Waals surface area (Å²) in [5.74, 6) is 1.15. The van der Waals surface area contributed by atoms with E-state index in [1.165, 1.54) is 11.6 Å². The van der Waals surface area contributed by atoms with Gasteiger partial charge in [-0.3, -0.25) is 4.90 Å². The van der Waals surface area contributed by atoms with E-state index < -0.39 is 6.61 Å². The first-order valence-electron chi connectivity index (χ1n) is 9.86. The Morgan fingerprint density at radius 1 is 1.17 bits per heavy atom. The predicted molar refractivity (Wildman–Crippen MR) is 104 cm³/mol. The minimum absolute atomic E-state index is 0.0643. The average molecular weight is 403 g/mol. The van der Waals surface area contributed by atoms with Gasteiger partial charge in [-0.15, -0.1) is 0 Å². The third-order valence-electron chi connectivity index (χ3n) is 5.93. The van der Waals surface area contributed by atoms with Crippen LogP contribution < -0.4 is 15.4 Å². The van der Waals surface area contributed by atoms with Crippen LogP contribution in [-0.2, 0) is 4.74 Å². The molecular formula is C20H23F2N5O2. The van der Waals surface area contributed by atoms with Gasteiger partial charge in [0.1, 0.15) is 5.82 Å². The van der Waals surface area contributed by atoms with Crippen molar-refractivity contribution in [3.63, 3.8) is 0 Å². The summed E-state index contributed by atoms with van der Waals surface area (Å²) in [6, 6.07) is 6.21. The molecule has 29 heavy (non-hydrogen) atoms. The van der Waals surface area contributed by atoms with E-state index in [9.17, 15) is 8.78 Å². The van der Waals surface area contributed by atoms with E-state index >= 15 is 0 Å². The Kier molecular flexibility index (Phi) is 4.71. The molecule has 0 saturated carbocycles. The SMILES string of the molecule is Nc1ncc(-c2cc(C3CN(C4COC4)C3)cc(N3CCC3)n2)cc1OC(F)F. The maximum Gasteiger partial charge on any atom is 0.387 e. The fourth-order valence-electron chi connectivity index (χ4n) is 3.87. The van der Waals surface area contributed by atoms with Crippen molar-refractivity contribution in [3.8, 4) is 17.0 Å².